The van der Waals surface area contributed by atoms with Crippen LogP contribution in [0.3, 0.4) is 0 Å². The Labute approximate surface area is 141 Å². The summed E-state index contributed by atoms with van der Waals surface area (Å²) in [6.45, 7) is 1.58. The Morgan fingerprint density at radius 2 is 1.84 bits per heavy atom. The molecule has 3 aliphatic heterocycles. The van der Waals surface area contributed by atoms with Crippen molar-refractivity contribution < 1.29 is 38.4 Å². The first-order chi connectivity index (χ1) is 12.0. The van der Waals surface area contributed by atoms with Crippen molar-refractivity contribution in [3.63, 3.8) is 0 Å². The van der Waals surface area contributed by atoms with Gasteiger partial charge in [0.1, 0.15) is 29.6 Å². The molecule has 4 rings (SSSR count). The molecule has 1 aromatic carbocycles. The van der Waals surface area contributed by atoms with Gasteiger partial charge in [0.15, 0.2) is 6.10 Å². The molecule has 0 spiro atoms. The van der Waals surface area contributed by atoms with E-state index in [4.69, 9.17) is 23.7 Å². The average Bonchev–Trinajstić information content (AvgIpc) is 3.11. The van der Waals surface area contributed by atoms with Gasteiger partial charge in [-0.25, -0.2) is 4.79 Å². The van der Waals surface area contributed by atoms with Gasteiger partial charge in [-0.3, -0.25) is 4.74 Å². The summed E-state index contributed by atoms with van der Waals surface area (Å²) < 4.78 is 27.8. The van der Waals surface area contributed by atoms with E-state index in [2.05, 4.69) is 4.84 Å². The second kappa shape index (κ2) is 5.83. The maximum Gasteiger partial charge on any atom is 0.371 e. The van der Waals surface area contributed by atoms with Crippen LogP contribution in [0.5, 0.6) is 5.75 Å². The molecule has 0 amide bonds. The molecule has 2 fully saturated rings. The van der Waals surface area contributed by atoms with Gasteiger partial charge < -0.3 is 23.8 Å². The molecule has 1 unspecified atom stereocenters. The summed E-state index contributed by atoms with van der Waals surface area (Å²) in [6, 6.07) is 6.65. The largest absolute Gasteiger partial charge is 0.429 e. The zero-order valence-corrected chi connectivity index (χ0v) is 13.2. The normalized spacial score (nSPS) is 36.1. The number of benzene rings is 1. The molecule has 1 aromatic rings. The molecule has 134 valence electrons. The van der Waals surface area contributed by atoms with Crippen LogP contribution in [0.15, 0.2) is 24.3 Å². The van der Waals surface area contributed by atoms with Crippen LogP contribution in [0.2, 0.25) is 0 Å². The van der Waals surface area contributed by atoms with Crippen molar-refractivity contribution in [2.75, 3.05) is 13.2 Å². The highest BCUT2D eigenvalue weighted by Crippen LogP contribution is 2.36. The minimum absolute atomic E-state index is 0.0103. The first kappa shape index (κ1) is 16.1. The maximum atomic E-state index is 12.1. The lowest BCUT2D eigenvalue weighted by Gasteiger charge is -2.36. The number of esters is 1. The molecule has 3 aliphatic rings. The number of cyclic esters (lactones) is 1. The number of rotatable bonds is 4. The molecule has 0 N–H and O–H groups in total. The van der Waals surface area contributed by atoms with E-state index in [0.717, 1.165) is 0 Å². The van der Waals surface area contributed by atoms with Crippen LogP contribution in [0.4, 0.5) is 0 Å². The minimum Gasteiger partial charge on any atom is -0.429 e. The first-order valence-corrected chi connectivity index (χ1v) is 7.69. The van der Waals surface area contributed by atoms with E-state index >= 15 is 0 Å². The van der Waals surface area contributed by atoms with Crippen molar-refractivity contribution in [2.24, 2.45) is 0 Å². The Morgan fingerprint density at radius 1 is 1.16 bits per heavy atom. The summed E-state index contributed by atoms with van der Waals surface area (Å²) in [7, 11) is 0. The van der Waals surface area contributed by atoms with Crippen molar-refractivity contribution >= 4 is 5.97 Å². The maximum absolute atomic E-state index is 12.1. The number of carbonyl (C=O) groups excluding carboxylic acids is 1. The van der Waals surface area contributed by atoms with E-state index in [1.165, 1.54) is 6.92 Å². The van der Waals surface area contributed by atoms with Crippen LogP contribution in [0.25, 0.3) is 0 Å². The number of hydrogen-bond donors (Lipinski definition) is 0. The second-order valence-corrected chi connectivity index (χ2v) is 5.97. The highest BCUT2D eigenvalue weighted by atomic mass is 17.0. The fourth-order valence-corrected chi connectivity index (χ4v) is 3.22. The standard InChI is InChI=1S/C15H15NO9/c1-15(22-9-5-3-2-4-8(9)14(17)24-15)23-10-6-20-13-11(25-16(18)19)7-21-12(10)13/h2-5,10-13H,6-7H2,1H3/t10-,11+,12+,13+,15?/m0/s1. The van der Waals surface area contributed by atoms with E-state index in [9.17, 15) is 14.9 Å². The summed E-state index contributed by atoms with van der Waals surface area (Å²) >= 11 is 0. The minimum atomic E-state index is -1.65. The van der Waals surface area contributed by atoms with Crippen LogP contribution in [-0.4, -0.2) is 54.7 Å². The third kappa shape index (κ3) is 2.88. The van der Waals surface area contributed by atoms with Crippen LogP contribution >= 0.6 is 0 Å². The van der Waals surface area contributed by atoms with Crippen LogP contribution < -0.4 is 4.74 Å². The van der Waals surface area contributed by atoms with E-state index in [1.54, 1.807) is 24.3 Å². The molecule has 0 radical (unpaired) electrons. The number of hydrogen-bond acceptors (Lipinski definition) is 9. The van der Waals surface area contributed by atoms with Gasteiger partial charge in [0, 0.05) is 6.92 Å². The Kier molecular flexibility index (Phi) is 3.74. The molecule has 2 saturated heterocycles. The summed E-state index contributed by atoms with van der Waals surface area (Å²) in [5.74, 6) is -1.87. The Balaban J connectivity index is 1.46. The average molecular weight is 353 g/mol. The summed E-state index contributed by atoms with van der Waals surface area (Å²) in [4.78, 5) is 27.2. The fraction of sp³-hybridized carbons (Fsp3) is 0.533. The number of fused-ring (bicyclic) bond motifs is 2. The molecular formula is C15H15NO9. The second-order valence-electron chi connectivity index (χ2n) is 5.97. The van der Waals surface area contributed by atoms with Crippen molar-refractivity contribution in [2.45, 2.75) is 37.3 Å². The van der Waals surface area contributed by atoms with Gasteiger partial charge in [-0.05, 0) is 12.1 Å². The van der Waals surface area contributed by atoms with Crippen LogP contribution in [-0.2, 0) is 23.8 Å². The van der Waals surface area contributed by atoms with Crippen LogP contribution in [0.1, 0.15) is 17.3 Å². The zero-order valence-electron chi connectivity index (χ0n) is 13.2. The third-order valence-electron chi connectivity index (χ3n) is 4.23. The summed E-state index contributed by atoms with van der Waals surface area (Å²) in [5, 5.41) is 9.63. The predicted molar refractivity (Wildman–Crippen MR) is 77.1 cm³/mol. The number of nitrogens with zero attached hydrogens (tertiary/aromatic N) is 1. The monoisotopic (exact) mass is 353 g/mol. The van der Waals surface area contributed by atoms with Gasteiger partial charge in [-0.1, -0.05) is 12.1 Å². The topological polar surface area (TPSA) is 116 Å². The van der Waals surface area contributed by atoms with Gasteiger partial charge in [-0.2, -0.15) is 0 Å². The smallest absolute Gasteiger partial charge is 0.371 e. The molecule has 5 atom stereocenters. The molecule has 10 heteroatoms. The molecule has 0 aromatic heterocycles. The van der Waals surface area contributed by atoms with Crippen molar-refractivity contribution in [3.8, 4) is 5.75 Å². The predicted octanol–water partition coefficient (Wildman–Crippen LogP) is 0.669. The lowest BCUT2D eigenvalue weighted by atomic mass is 10.1. The zero-order chi connectivity index (χ0) is 17.6. The lowest BCUT2D eigenvalue weighted by Crippen LogP contribution is -2.49. The number of ether oxygens (including phenoxy) is 5. The van der Waals surface area contributed by atoms with Gasteiger partial charge in [0.05, 0.1) is 13.2 Å². The van der Waals surface area contributed by atoms with Crippen molar-refractivity contribution in [1.82, 2.24) is 0 Å². The molecule has 3 heterocycles. The van der Waals surface area contributed by atoms with E-state index in [-0.39, 0.29) is 13.2 Å². The lowest BCUT2D eigenvalue weighted by molar-refractivity contribution is -0.769. The van der Waals surface area contributed by atoms with E-state index in [1.807, 2.05) is 0 Å². The fourth-order valence-electron chi connectivity index (χ4n) is 3.22. The van der Waals surface area contributed by atoms with Gasteiger partial charge in [0.25, 0.3) is 5.09 Å². The summed E-state index contributed by atoms with van der Waals surface area (Å²) in [5.41, 5.74) is 0.306. The third-order valence-corrected chi connectivity index (χ3v) is 4.23. The Morgan fingerprint density at radius 3 is 2.60 bits per heavy atom. The highest BCUT2D eigenvalue weighted by Gasteiger charge is 2.53. The van der Waals surface area contributed by atoms with Gasteiger partial charge in [-0.15, -0.1) is 10.1 Å². The number of para-hydroxylation sites is 1. The molecule has 10 nitrogen and oxygen atoms in total. The molecule has 0 aliphatic carbocycles. The van der Waals surface area contributed by atoms with Crippen molar-refractivity contribution in [1.29, 1.82) is 0 Å². The molecular weight excluding hydrogens is 338 g/mol. The molecule has 25 heavy (non-hydrogen) atoms. The van der Waals surface area contributed by atoms with Gasteiger partial charge >= 0.3 is 11.9 Å². The molecule has 0 bridgehead atoms. The Bertz CT molecular complexity index is 710. The van der Waals surface area contributed by atoms with Crippen molar-refractivity contribution in [3.05, 3.63) is 39.9 Å². The highest BCUT2D eigenvalue weighted by molar-refractivity contribution is 5.93. The number of carbonyl (C=O) groups is 1. The molecule has 0 saturated carbocycles. The van der Waals surface area contributed by atoms with Gasteiger partial charge in [0.2, 0.25) is 0 Å². The van der Waals surface area contributed by atoms with E-state index < -0.39 is 41.4 Å². The summed E-state index contributed by atoms with van der Waals surface area (Å²) in [6.07, 6.45) is -2.67. The quantitative estimate of drug-likeness (QED) is 0.437. The first-order valence-electron chi connectivity index (χ1n) is 7.69. The Hall–Kier alpha value is -2.43. The van der Waals surface area contributed by atoms with E-state index in [0.29, 0.717) is 11.3 Å². The SMILES string of the molecule is CC1(O[C@H]2CO[C@H]3[C@@H]2OC[C@H]3O[N+](=O)[O-])OC(=O)c2ccccc2O1. The van der Waals surface area contributed by atoms with Crippen LogP contribution in [0, 0.1) is 10.1 Å².